The molecule has 2 amide bonds. The van der Waals surface area contributed by atoms with Gasteiger partial charge in [-0.1, -0.05) is 73.1 Å². The van der Waals surface area contributed by atoms with E-state index < -0.39 is 0 Å². The van der Waals surface area contributed by atoms with Gasteiger partial charge in [0.1, 0.15) is 0 Å². The van der Waals surface area contributed by atoms with Crippen LogP contribution in [-0.2, 0) is 11.3 Å². The number of anilines is 1. The molecule has 0 spiro atoms. The lowest BCUT2D eigenvalue weighted by Crippen LogP contribution is -2.31. The van der Waals surface area contributed by atoms with Gasteiger partial charge < -0.3 is 15.2 Å². The summed E-state index contributed by atoms with van der Waals surface area (Å²) in [5, 5.41) is 16.0. The zero-order chi connectivity index (χ0) is 25.4. The summed E-state index contributed by atoms with van der Waals surface area (Å²) in [6.45, 7) is 8.43. The number of allylic oxidation sites excluding steroid dienone is 1. The van der Waals surface area contributed by atoms with Gasteiger partial charge >= 0.3 is 0 Å². The number of carbonyl (C=O) groups is 2. The Morgan fingerprint density at radius 1 is 1.14 bits per heavy atom. The Morgan fingerprint density at radius 2 is 1.89 bits per heavy atom. The van der Waals surface area contributed by atoms with Crippen molar-refractivity contribution in [3.05, 3.63) is 82.6 Å². The molecule has 1 atom stereocenters. The first kappa shape index (κ1) is 26.8. The lowest BCUT2D eigenvalue weighted by atomic mass is 10.0. The second-order valence-corrected chi connectivity index (χ2v) is 10.0. The van der Waals surface area contributed by atoms with Crippen LogP contribution in [0.25, 0.3) is 0 Å². The van der Waals surface area contributed by atoms with E-state index in [0.717, 1.165) is 0 Å². The monoisotopic (exact) mass is 531 g/mol. The van der Waals surface area contributed by atoms with Crippen molar-refractivity contribution in [2.75, 3.05) is 11.1 Å². The van der Waals surface area contributed by atoms with Crippen LogP contribution < -0.4 is 10.6 Å². The third-order valence-electron chi connectivity index (χ3n) is 4.95. The van der Waals surface area contributed by atoms with Crippen molar-refractivity contribution in [2.24, 2.45) is 5.92 Å². The minimum Gasteiger partial charge on any atom is -0.342 e. The summed E-state index contributed by atoms with van der Waals surface area (Å²) in [7, 11) is 0. The van der Waals surface area contributed by atoms with Gasteiger partial charge in [0.2, 0.25) is 5.91 Å². The van der Waals surface area contributed by atoms with E-state index in [2.05, 4.69) is 41.3 Å². The number of benzene rings is 2. The minimum atomic E-state index is -0.358. The van der Waals surface area contributed by atoms with Crippen LogP contribution in [0, 0.1) is 5.92 Å². The smallest absolute Gasteiger partial charge is 0.251 e. The second kappa shape index (κ2) is 12.8. The Bertz CT molecular complexity index is 1180. The molecule has 2 aromatic carbocycles. The van der Waals surface area contributed by atoms with E-state index in [1.54, 1.807) is 36.4 Å². The van der Waals surface area contributed by atoms with Crippen LogP contribution in [-0.4, -0.2) is 32.3 Å². The maximum atomic E-state index is 12.9. The number of hydrogen-bond donors (Lipinski definition) is 2. The third-order valence-corrected chi connectivity index (χ3v) is 6.48. The van der Waals surface area contributed by atoms with Crippen LogP contribution in [0.2, 0.25) is 10.0 Å². The molecular formula is C25H27Cl2N5O2S. The molecule has 7 nitrogen and oxygen atoms in total. The molecule has 0 radical (unpaired) electrons. The third kappa shape index (κ3) is 7.59. The van der Waals surface area contributed by atoms with E-state index in [9.17, 15) is 9.59 Å². The van der Waals surface area contributed by atoms with Crippen molar-refractivity contribution in [3.8, 4) is 0 Å². The van der Waals surface area contributed by atoms with Gasteiger partial charge in [0.25, 0.3) is 5.91 Å². The predicted molar refractivity (Wildman–Crippen MR) is 142 cm³/mol. The van der Waals surface area contributed by atoms with Crippen molar-refractivity contribution < 1.29 is 9.59 Å². The summed E-state index contributed by atoms with van der Waals surface area (Å²) in [6, 6.07) is 13.6. The lowest BCUT2D eigenvalue weighted by Gasteiger charge is -2.21. The van der Waals surface area contributed by atoms with Gasteiger partial charge in [-0.15, -0.1) is 16.8 Å². The molecule has 3 aromatic rings. The molecule has 1 heterocycles. The molecule has 0 aliphatic rings. The van der Waals surface area contributed by atoms with Crippen molar-refractivity contribution in [1.82, 2.24) is 20.1 Å². The first-order chi connectivity index (χ1) is 16.8. The van der Waals surface area contributed by atoms with Gasteiger partial charge in [0, 0.05) is 17.1 Å². The van der Waals surface area contributed by atoms with Gasteiger partial charge in [-0.05, 0) is 42.7 Å². The second-order valence-electron chi connectivity index (χ2n) is 8.22. The summed E-state index contributed by atoms with van der Waals surface area (Å²) in [6.07, 6.45) is 2.40. The molecule has 0 aliphatic carbocycles. The summed E-state index contributed by atoms with van der Waals surface area (Å²) >= 11 is 13.4. The molecule has 0 saturated carbocycles. The van der Waals surface area contributed by atoms with Crippen LogP contribution in [0.3, 0.4) is 0 Å². The number of amides is 2. The van der Waals surface area contributed by atoms with Crippen molar-refractivity contribution in [2.45, 2.75) is 38.0 Å². The number of hydrogen-bond acceptors (Lipinski definition) is 5. The van der Waals surface area contributed by atoms with Crippen LogP contribution in [0.4, 0.5) is 5.69 Å². The van der Waals surface area contributed by atoms with Gasteiger partial charge in [-0.2, -0.15) is 0 Å². The van der Waals surface area contributed by atoms with E-state index in [1.165, 1.54) is 11.8 Å². The topological polar surface area (TPSA) is 88.9 Å². The zero-order valence-electron chi connectivity index (χ0n) is 19.5. The number of halogens is 2. The molecule has 0 aliphatic heterocycles. The zero-order valence-corrected chi connectivity index (χ0v) is 21.8. The molecule has 2 N–H and O–H groups in total. The Labute approximate surface area is 219 Å². The van der Waals surface area contributed by atoms with Crippen molar-refractivity contribution in [3.63, 3.8) is 0 Å². The summed E-state index contributed by atoms with van der Waals surface area (Å²) in [5.41, 5.74) is 1.01. The minimum absolute atomic E-state index is 0.0866. The molecule has 1 unspecified atom stereocenters. The van der Waals surface area contributed by atoms with E-state index in [1.807, 2.05) is 22.8 Å². The average molecular weight is 532 g/mol. The summed E-state index contributed by atoms with van der Waals surface area (Å²) in [4.78, 5) is 25.4. The van der Waals surface area contributed by atoms with Crippen molar-refractivity contribution in [1.29, 1.82) is 0 Å². The first-order valence-corrected chi connectivity index (χ1v) is 12.8. The molecule has 0 bridgehead atoms. The van der Waals surface area contributed by atoms with Gasteiger partial charge in [0.15, 0.2) is 11.0 Å². The average Bonchev–Trinajstić information content (AvgIpc) is 3.22. The van der Waals surface area contributed by atoms with Gasteiger partial charge in [-0.3, -0.25) is 9.59 Å². The highest BCUT2D eigenvalue weighted by atomic mass is 35.5. The largest absolute Gasteiger partial charge is 0.342 e. The maximum Gasteiger partial charge on any atom is 0.251 e. The standard InChI is InChI=1S/C25H27Cl2N5O2S/c1-4-12-32-23(21(13-16(2)3)29-24(34)17-8-6-5-7-9-17)30-31-25(32)35-15-22(33)28-20-14-18(26)10-11-19(20)27/h4-11,14,16,21H,1,12-13,15H2,2-3H3,(H,28,33)(H,29,34). The van der Waals surface area contributed by atoms with Gasteiger partial charge in [-0.25, -0.2) is 0 Å². The fourth-order valence-corrected chi connectivity index (χ4v) is 4.50. The molecule has 0 saturated heterocycles. The number of carbonyl (C=O) groups excluding carboxylic acids is 2. The lowest BCUT2D eigenvalue weighted by molar-refractivity contribution is -0.113. The number of aromatic nitrogens is 3. The van der Waals surface area contributed by atoms with Crippen LogP contribution in [0.15, 0.2) is 66.3 Å². The Kier molecular flexibility index (Phi) is 9.77. The number of nitrogens with one attached hydrogen (secondary N) is 2. The summed E-state index contributed by atoms with van der Waals surface area (Å²) in [5.74, 6) is 0.558. The maximum absolute atomic E-state index is 12.9. The Balaban J connectivity index is 1.77. The fourth-order valence-electron chi connectivity index (χ4n) is 3.41. The fraction of sp³-hybridized carbons (Fsp3) is 0.280. The van der Waals surface area contributed by atoms with E-state index in [-0.39, 0.29) is 23.6 Å². The van der Waals surface area contributed by atoms with Gasteiger partial charge in [0.05, 0.1) is 22.5 Å². The highest BCUT2D eigenvalue weighted by Crippen LogP contribution is 2.27. The molecule has 35 heavy (non-hydrogen) atoms. The van der Waals surface area contributed by atoms with E-state index >= 15 is 0 Å². The van der Waals surface area contributed by atoms with Crippen molar-refractivity contribution >= 4 is 52.5 Å². The number of rotatable bonds is 11. The normalized spacial score (nSPS) is 11.8. The molecule has 3 rings (SSSR count). The summed E-state index contributed by atoms with van der Waals surface area (Å²) < 4.78 is 1.87. The highest BCUT2D eigenvalue weighted by Gasteiger charge is 2.25. The molecule has 184 valence electrons. The van der Waals surface area contributed by atoms with E-state index in [0.29, 0.717) is 51.2 Å². The molecule has 1 aromatic heterocycles. The molecule has 0 fully saturated rings. The highest BCUT2D eigenvalue weighted by molar-refractivity contribution is 7.99. The Hall–Kier alpha value is -2.81. The van der Waals surface area contributed by atoms with Crippen LogP contribution in [0.5, 0.6) is 0 Å². The van der Waals surface area contributed by atoms with Crippen LogP contribution in [0.1, 0.15) is 42.5 Å². The molecule has 10 heteroatoms. The predicted octanol–water partition coefficient (Wildman–Crippen LogP) is 6.02. The number of nitrogens with zero attached hydrogens (tertiary/aromatic N) is 3. The molecular weight excluding hydrogens is 505 g/mol. The Morgan fingerprint density at radius 3 is 2.57 bits per heavy atom. The van der Waals surface area contributed by atoms with E-state index in [4.69, 9.17) is 23.2 Å². The first-order valence-electron chi connectivity index (χ1n) is 11.1. The number of thioether (sulfide) groups is 1. The SMILES string of the molecule is C=CCn1c(SCC(=O)Nc2cc(Cl)ccc2Cl)nnc1C(CC(C)C)NC(=O)c1ccccc1. The van der Waals surface area contributed by atoms with Crippen LogP contribution >= 0.6 is 35.0 Å². The quantitative estimate of drug-likeness (QED) is 0.233.